The van der Waals surface area contributed by atoms with Gasteiger partial charge in [0.1, 0.15) is 11.2 Å². The highest BCUT2D eigenvalue weighted by Crippen LogP contribution is 2.63. The van der Waals surface area contributed by atoms with Crippen molar-refractivity contribution in [3.8, 4) is 33.6 Å². The summed E-state index contributed by atoms with van der Waals surface area (Å²) in [5, 5.41) is 4.39. The fraction of sp³-hybridized carbons (Fsp3) is 0.0172. The Balaban J connectivity index is 1.16. The van der Waals surface area contributed by atoms with Crippen molar-refractivity contribution in [1.29, 1.82) is 0 Å². The van der Waals surface area contributed by atoms with Gasteiger partial charge in [0, 0.05) is 68.3 Å². The summed E-state index contributed by atoms with van der Waals surface area (Å²) in [4.78, 5) is 16.4. The van der Waals surface area contributed by atoms with Crippen LogP contribution in [0, 0.1) is 0 Å². The molecule has 7 aromatic carbocycles. The summed E-state index contributed by atoms with van der Waals surface area (Å²) in [5.74, 6) is 0. The van der Waals surface area contributed by atoms with Crippen molar-refractivity contribution in [2.24, 2.45) is 0 Å². The van der Waals surface area contributed by atoms with Gasteiger partial charge in [-0.25, -0.2) is 4.98 Å². The minimum absolute atomic E-state index is 0.714. The summed E-state index contributed by atoms with van der Waals surface area (Å²) < 4.78 is 23.4. The van der Waals surface area contributed by atoms with Crippen LogP contribution in [-0.2, 0) is 9.98 Å². The Morgan fingerprint density at radius 3 is 1.85 bits per heavy atom. The predicted octanol–water partition coefficient (Wildman–Crippen LogP) is 12.9. The van der Waals surface area contributed by atoms with Crippen molar-refractivity contribution in [2.45, 2.75) is 5.41 Å². The van der Waals surface area contributed by atoms with E-state index in [4.69, 9.17) is 9.40 Å². The summed E-state index contributed by atoms with van der Waals surface area (Å²) in [6.45, 7) is 0. The van der Waals surface area contributed by atoms with Gasteiger partial charge < -0.3 is 13.9 Å². The highest BCUT2D eigenvalue weighted by Gasteiger charge is 2.55. The topological polar surface area (TPSA) is 72.1 Å². The Kier molecular flexibility index (Phi) is 8.30. The van der Waals surface area contributed by atoms with Crippen LogP contribution < -0.4 is 20.8 Å². The van der Waals surface area contributed by atoms with Gasteiger partial charge in [0.15, 0.2) is 7.14 Å². The lowest BCUT2D eigenvalue weighted by atomic mass is 9.62. The molecule has 11 aromatic rings. The van der Waals surface area contributed by atoms with Crippen molar-refractivity contribution in [1.82, 2.24) is 15.0 Å². The highest BCUT2D eigenvalue weighted by atomic mass is 31.2. The number of rotatable bonds is 5. The van der Waals surface area contributed by atoms with E-state index >= 15 is 4.57 Å². The van der Waals surface area contributed by atoms with Gasteiger partial charge in [0.2, 0.25) is 0 Å². The molecule has 6 nitrogen and oxygen atoms in total. The molecule has 1 spiro atoms. The lowest BCUT2D eigenvalue weighted by molar-refractivity contribution is 0.590. The van der Waals surface area contributed by atoms with E-state index < -0.39 is 12.6 Å². The Hall–Kier alpha value is -8.18. The molecule has 0 bridgehead atoms. The largest absolute Gasteiger partial charge is 0.456 e. The molecule has 65 heavy (non-hydrogen) atoms. The first-order valence-corrected chi connectivity index (χ1v) is 23.5. The molecule has 13 rings (SSSR count). The van der Waals surface area contributed by atoms with E-state index in [2.05, 4.69) is 142 Å². The molecule has 4 aromatic heterocycles. The normalized spacial score (nSPS) is 17.1. The Bertz CT molecular complexity index is 3650. The monoisotopic (exact) mass is 852 g/mol. The van der Waals surface area contributed by atoms with Gasteiger partial charge in [-0.3, -0.25) is 9.97 Å². The van der Waals surface area contributed by atoms with Crippen LogP contribution in [0.1, 0.15) is 22.3 Å². The van der Waals surface area contributed by atoms with Crippen molar-refractivity contribution in [2.75, 3.05) is 4.90 Å². The van der Waals surface area contributed by atoms with Crippen LogP contribution in [0.2, 0.25) is 0 Å². The minimum atomic E-state index is -3.50. The molecule has 7 heteroatoms. The molecule has 306 valence electrons. The van der Waals surface area contributed by atoms with Gasteiger partial charge in [-0.15, -0.1) is 0 Å². The third-order valence-corrected chi connectivity index (χ3v) is 16.5. The lowest BCUT2D eigenvalue weighted by Gasteiger charge is -2.50. The first-order valence-electron chi connectivity index (χ1n) is 21.8. The standard InChI is InChI=1S/C58H37N4O2P/c63-65(43-15-5-2-6-16-43)56-22-12-9-19-48(56)58(49-36-45-44-17-7-11-21-54(44)64-55(45)37-57(49)65)46-18-8-10-20-52(46)62(42-13-3-1-4-14-42)53-35-40(23-24-47(53)58)51-34-41(38-25-29-59-30-26-38)33-50(61-51)39-27-31-60-32-28-39/h1-37H. The maximum absolute atomic E-state index is 16.7. The summed E-state index contributed by atoms with van der Waals surface area (Å²) >= 11 is 0. The average Bonchev–Trinajstić information content (AvgIpc) is 3.75. The van der Waals surface area contributed by atoms with Gasteiger partial charge in [-0.2, -0.15) is 0 Å². The smallest absolute Gasteiger partial charge is 0.171 e. The summed E-state index contributed by atoms with van der Waals surface area (Å²) in [6.07, 6.45) is 7.26. The summed E-state index contributed by atoms with van der Waals surface area (Å²) in [6, 6.07) is 69.5. The third-order valence-electron chi connectivity index (χ3n) is 13.3. The molecule has 2 aliphatic rings. The zero-order valence-corrected chi connectivity index (χ0v) is 35.8. The van der Waals surface area contributed by atoms with Crippen LogP contribution in [0.15, 0.2) is 229 Å². The molecule has 6 heterocycles. The minimum Gasteiger partial charge on any atom is -0.456 e. The number of hydrogen-bond acceptors (Lipinski definition) is 6. The maximum Gasteiger partial charge on any atom is 0.171 e. The number of benzene rings is 7. The molecule has 2 aliphatic heterocycles. The third kappa shape index (κ3) is 5.48. The Morgan fingerprint density at radius 2 is 1.06 bits per heavy atom. The second kappa shape index (κ2) is 14.4. The van der Waals surface area contributed by atoms with Crippen LogP contribution in [0.25, 0.3) is 55.6 Å². The number of nitrogens with zero attached hydrogens (tertiary/aromatic N) is 4. The molecule has 0 fully saturated rings. The number of hydrogen-bond donors (Lipinski definition) is 0. The van der Waals surface area contributed by atoms with Crippen LogP contribution in [0.4, 0.5) is 17.1 Å². The van der Waals surface area contributed by atoms with Crippen LogP contribution >= 0.6 is 7.14 Å². The molecular formula is C58H37N4O2P. The Labute approximate surface area is 375 Å². The van der Waals surface area contributed by atoms with Crippen LogP contribution in [0.5, 0.6) is 0 Å². The summed E-state index contributed by atoms with van der Waals surface area (Å²) in [7, 11) is -3.50. The molecule has 2 atom stereocenters. The fourth-order valence-electron chi connectivity index (χ4n) is 10.5. The van der Waals surface area contributed by atoms with E-state index in [1.54, 1.807) is 12.4 Å². The maximum atomic E-state index is 16.7. The number of aromatic nitrogens is 3. The zero-order valence-electron chi connectivity index (χ0n) is 34.9. The van der Waals surface area contributed by atoms with Crippen molar-refractivity contribution >= 4 is 62.1 Å². The molecule has 0 radical (unpaired) electrons. The fourth-order valence-corrected chi connectivity index (χ4v) is 13.7. The predicted molar refractivity (Wildman–Crippen MR) is 263 cm³/mol. The first kappa shape index (κ1) is 37.4. The average molecular weight is 853 g/mol. The first-order chi connectivity index (χ1) is 32.1. The number of anilines is 3. The lowest BCUT2D eigenvalue weighted by Crippen LogP contribution is -2.49. The molecule has 0 N–H and O–H groups in total. The van der Waals surface area contributed by atoms with Crippen LogP contribution in [-0.4, -0.2) is 15.0 Å². The number of para-hydroxylation sites is 3. The molecule has 0 aliphatic carbocycles. The number of fused-ring (bicyclic) bond motifs is 11. The molecule has 0 saturated heterocycles. The van der Waals surface area contributed by atoms with Gasteiger partial charge >= 0.3 is 0 Å². The van der Waals surface area contributed by atoms with E-state index in [0.29, 0.717) is 5.58 Å². The van der Waals surface area contributed by atoms with Gasteiger partial charge in [0.25, 0.3) is 0 Å². The van der Waals surface area contributed by atoms with E-state index in [1.165, 1.54) is 0 Å². The van der Waals surface area contributed by atoms with Crippen LogP contribution in [0.3, 0.4) is 0 Å². The van der Waals surface area contributed by atoms with Crippen molar-refractivity contribution in [3.63, 3.8) is 0 Å². The van der Waals surface area contributed by atoms with E-state index in [9.17, 15) is 0 Å². The van der Waals surface area contributed by atoms with E-state index in [-0.39, 0.29) is 0 Å². The molecular weight excluding hydrogens is 816 g/mol. The number of furan rings is 1. The summed E-state index contributed by atoms with van der Waals surface area (Å²) in [5.41, 5.74) is 13.5. The quantitative estimate of drug-likeness (QED) is 0.161. The van der Waals surface area contributed by atoms with Crippen molar-refractivity contribution in [3.05, 3.63) is 247 Å². The zero-order chi connectivity index (χ0) is 43.1. The second-order valence-electron chi connectivity index (χ2n) is 16.7. The van der Waals surface area contributed by atoms with E-state index in [0.717, 1.165) is 105 Å². The molecule has 2 unspecified atom stereocenters. The second-order valence-corrected chi connectivity index (χ2v) is 19.4. The highest BCUT2D eigenvalue weighted by molar-refractivity contribution is 7.85. The number of pyridine rings is 3. The van der Waals surface area contributed by atoms with Gasteiger partial charge in [-0.05, 0) is 112 Å². The molecule has 0 amide bonds. The SMILES string of the molecule is O=P1(c2ccccc2)c2ccccc2C2(c3ccccc3N(c3ccccc3)c3cc(-c4cc(-c5ccncc5)cc(-c5ccncc5)n4)ccc32)c2cc3c(cc21)oc1ccccc13. The van der Waals surface area contributed by atoms with Gasteiger partial charge in [-0.1, -0.05) is 121 Å². The Morgan fingerprint density at radius 1 is 0.431 bits per heavy atom. The molecule has 0 saturated carbocycles. The van der Waals surface area contributed by atoms with E-state index in [1.807, 2.05) is 85.2 Å². The van der Waals surface area contributed by atoms with Crippen molar-refractivity contribution < 1.29 is 8.98 Å². The van der Waals surface area contributed by atoms with Gasteiger partial charge in [0.05, 0.1) is 28.2 Å².